The first-order valence-corrected chi connectivity index (χ1v) is 2.10. The Balaban J connectivity index is -0.00000000800. The van der Waals surface area contributed by atoms with Gasteiger partial charge in [0, 0.05) is 21.1 Å². The summed E-state index contributed by atoms with van der Waals surface area (Å²) in [4.78, 5) is 0. The van der Waals surface area contributed by atoms with Gasteiger partial charge in [0.15, 0.2) is 0 Å². The standard InChI is InChI=1S/H2O4S.4H2O.Pt/c1-5(2,3)4;;;;;/h(H2,1,2,3,4);4*1H2;. The van der Waals surface area contributed by atoms with Gasteiger partial charge >= 0.3 is 10.4 Å². The second-order valence-electron chi connectivity index (χ2n) is 0.448. The molecular weight excluding hydrogens is 355 g/mol. The van der Waals surface area contributed by atoms with E-state index in [1.807, 2.05) is 0 Å². The summed E-state index contributed by atoms with van der Waals surface area (Å²) in [5, 5.41) is 0. The molecule has 0 aliphatic carbocycles. The second kappa shape index (κ2) is 16.2. The van der Waals surface area contributed by atoms with Crippen molar-refractivity contribution in [2.24, 2.45) is 0 Å². The van der Waals surface area contributed by atoms with Crippen molar-refractivity contribution in [1.82, 2.24) is 0 Å². The summed E-state index contributed by atoms with van der Waals surface area (Å²) in [5.41, 5.74) is 0. The normalized spacial score (nSPS) is 5.80. The third kappa shape index (κ3) is 2900. The molecule has 0 unspecified atom stereocenters. The van der Waals surface area contributed by atoms with E-state index in [4.69, 9.17) is 17.5 Å². The van der Waals surface area contributed by atoms with Gasteiger partial charge in [-0.2, -0.15) is 8.42 Å². The largest absolute Gasteiger partial charge is 0.412 e. The first-order valence-electron chi connectivity index (χ1n) is 0.698. The van der Waals surface area contributed by atoms with Crippen LogP contribution in [0.4, 0.5) is 0 Å². The van der Waals surface area contributed by atoms with E-state index in [-0.39, 0.29) is 43.0 Å². The van der Waals surface area contributed by atoms with Crippen LogP contribution in [0.1, 0.15) is 0 Å². The van der Waals surface area contributed by atoms with Gasteiger partial charge in [-0.15, -0.1) is 0 Å². The zero-order valence-electron chi connectivity index (χ0n) is 4.44. The molecule has 0 fully saturated rings. The van der Waals surface area contributed by atoms with Crippen LogP contribution in [0, 0.1) is 0 Å². The summed E-state index contributed by atoms with van der Waals surface area (Å²) in [7, 11) is -4.67. The molecule has 0 aromatic carbocycles. The predicted molar refractivity (Wildman–Crippen MR) is 28.6 cm³/mol. The topological polar surface area (TPSA) is 201 Å². The molecule has 0 atom stereocenters. The van der Waals surface area contributed by atoms with Crippen molar-refractivity contribution < 1.29 is 60.5 Å². The van der Waals surface area contributed by atoms with Crippen molar-refractivity contribution in [2.75, 3.05) is 0 Å². The minimum atomic E-state index is -4.67. The van der Waals surface area contributed by atoms with E-state index in [1.54, 1.807) is 0 Å². The molecule has 0 heterocycles. The first kappa shape index (κ1) is 47.5. The van der Waals surface area contributed by atoms with Gasteiger partial charge in [0.25, 0.3) is 0 Å². The Kier molecular flexibility index (Phi) is 76.9. The number of rotatable bonds is 0. The summed E-state index contributed by atoms with van der Waals surface area (Å²) < 4.78 is 31.6. The summed E-state index contributed by atoms with van der Waals surface area (Å²) in [6.45, 7) is 0. The van der Waals surface area contributed by atoms with Crippen LogP contribution in [-0.2, 0) is 31.5 Å². The molecule has 10 heavy (non-hydrogen) atoms. The number of hydrogen-bond acceptors (Lipinski definition) is 2. The van der Waals surface area contributed by atoms with E-state index >= 15 is 0 Å². The molecule has 0 aromatic heterocycles. The minimum absolute atomic E-state index is 0. The Labute approximate surface area is 71.3 Å². The van der Waals surface area contributed by atoms with Crippen LogP contribution < -0.4 is 0 Å². The summed E-state index contributed by atoms with van der Waals surface area (Å²) in [6.07, 6.45) is 0. The van der Waals surface area contributed by atoms with Crippen molar-refractivity contribution >= 4 is 10.4 Å². The van der Waals surface area contributed by atoms with Crippen LogP contribution in [-0.4, -0.2) is 39.4 Å². The molecule has 10 N–H and O–H groups in total. The maximum atomic E-state index is 8.74. The van der Waals surface area contributed by atoms with Gasteiger partial charge in [-0.3, -0.25) is 9.11 Å². The molecular formula is H10O8PtS. The van der Waals surface area contributed by atoms with Gasteiger partial charge in [-0.05, 0) is 0 Å². The van der Waals surface area contributed by atoms with Crippen LogP contribution in [0.15, 0.2) is 0 Å². The monoisotopic (exact) mass is 365 g/mol. The van der Waals surface area contributed by atoms with Crippen LogP contribution in [0.5, 0.6) is 0 Å². The Hall–Kier alpha value is 0.398. The molecule has 0 spiro atoms. The molecule has 0 radical (unpaired) electrons. The zero-order chi connectivity index (χ0) is 4.50. The van der Waals surface area contributed by atoms with E-state index in [0.29, 0.717) is 0 Å². The van der Waals surface area contributed by atoms with Gasteiger partial charge in [0.1, 0.15) is 0 Å². The van der Waals surface area contributed by atoms with Crippen LogP contribution >= 0.6 is 0 Å². The quantitative estimate of drug-likeness (QED) is 0.413. The molecule has 0 aliphatic heterocycles. The van der Waals surface area contributed by atoms with Gasteiger partial charge in [-0.25, -0.2) is 0 Å². The minimum Gasteiger partial charge on any atom is -0.412 e. The fourth-order valence-electron chi connectivity index (χ4n) is 0. The van der Waals surface area contributed by atoms with E-state index in [0.717, 1.165) is 0 Å². The van der Waals surface area contributed by atoms with E-state index in [1.165, 1.54) is 0 Å². The molecule has 0 rings (SSSR count). The van der Waals surface area contributed by atoms with E-state index in [9.17, 15) is 0 Å². The smallest absolute Gasteiger partial charge is 0.394 e. The van der Waals surface area contributed by atoms with Crippen LogP contribution in [0.25, 0.3) is 0 Å². The zero-order valence-corrected chi connectivity index (χ0v) is 7.52. The SMILES string of the molecule is O.O.O.O.O=S(=O)(O)O.[Pt]. The third-order valence-corrected chi connectivity index (χ3v) is 0. The van der Waals surface area contributed by atoms with Crippen molar-refractivity contribution in [3.05, 3.63) is 0 Å². The molecule has 0 saturated heterocycles. The number of hydrogen-bond donors (Lipinski definition) is 2. The summed E-state index contributed by atoms with van der Waals surface area (Å²) in [6, 6.07) is 0. The molecule has 0 bridgehead atoms. The maximum Gasteiger partial charge on any atom is 0.394 e. The van der Waals surface area contributed by atoms with Crippen molar-refractivity contribution in [3.63, 3.8) is 0 Å². The summed E-state index contributed by atoms with van der Waals surface area (Å²) in [5.74, 6) is 0. The maximum absolute atomic E-state index is 8.74. The molecule has 0 aromatic rings. The molecule has 0 aliphatic rings. The fourth-order valence-corrected chi connectivity index (χ4v) is 0. The van der Waals surface area contributed by atoms with Gasteiger partial charge < -0.3 is 21.9 Å². The van der Waals surface area contributed by atoms with E-state index < -0.39 is 10.4 Å². The average Bonchev–Trinajstić information content (AvgIpc) is 0.722. The second-order valence-corrected chi connectivity index (χ2v) is 1.34. The van der Waals surface area contributed by atoms with Crippen molar-refractivity contribution in [3.8, 4) is 0 Å². The average molecular weight is 365 g/mol. The molecule has 10 heteroatoms. The Morgan fingerprint density at radius 2 is 0.800 bits per heavy atom. The van der Waals surface area contributed by atoms with Gasteiger partial charge in [0.05, 0.1) is 0 Å². The molecule has 74 valence electrons. The fraction of sp³-hybridized carbons (Fsp3) is 0. The Morgan fingerprint density at radius 1 is 0.800 bits per heavy atom. The van der Waals surface area contributed by atoms with Crippen LogP contribution in [0.2, 0.25) is 0 Å². The van der Waals surface area contributed by atoms with Gasteiger partial charge in [0.2, 0.25) is 0 Å². The predicted octanol–water partition coefficient (Wildman–Crippen LogP) is -3.95. The van der Waals surface area contributed by atoms with Gasteiger partial charge in [-0.1, -0.05) is 0 Å². The third-order valence-electron chi connectivity index (χ3n) is 0. The Morgan fingerprint density at radius 3 is 0.800 bits per heavy atom. The molecule has 0 saturated carbocycles. The summed E-state index contributed by atoms with van der Waals surface area (Å²) >= 11 is 0. The first-order chi connectivity index (χ1) is 2.00. The van der Waals surface area contributed by atoms with Crippen molar-refractivity contribution in [2.45, 2.75) is 0 Å². The Bertz CT molecular complexity index is 92.4. The van der Waals surface area contributed by atoms with E-state index in [2.05, 4.69) is 0 Å². The molecule has 0 amide bonds. The van der Waals surface area contributed by atoms with Crippen LogP contribution in [0.3, 0.4) is 0 Å². The van der Waals surface area contributed by atoms with Crippen molar-refractivity contribution in [1.29, 1.82) is 0 Å². The molecule has 8 nitrogen and oxygen atoms in total.